The number of ether oxygens (including phenoxy) is 2. The summed E-state index contributed by atoms with van der Waals surface area (Å²) in [4.78, 5) is 0. The van der Waals surface area contributed by atoms with Gasteiger partial charge >= 0.3 is 0 Å². The Hall–Kier alpha value is -1.07. The summed E-state index contributed by atoms with van der Waals surface area (Å²) in [5.74, 6) is 0.663. The van der Waals surface area contributed by atoms with E-state index in [9.17, 15) is 5.11 Å². The van der Waals surface area contributed by atoms with Gasteiger partial charge in [-0.1, -0.05) is 0 Å². The molecule has 5 nitrogen and oxygen atoms in total. The first-order valence-electron chi connectivity index (χ1n) is 7.54. The summed E-state index contributed by atoms with van der Waals surface area (Å²) in [6.07, 6.45) is 6.47. The van der Waals surface area contributed by atoms with Gasteiger partial charge < -0.3 is 14.6 Å². The molecule has 1 aliphatic rings. The third-order valence-corrected chi connectivity index (χ3v) is 3.86. The third kappa shape index (κ3) is 3.52. The average Bonchev–Trinajstić information content (AvgIpc) is 2.90. The largest absolute Gasteiger partial charge is 0.493 e. The van der Waals surface area contributed by atoms with Crippen LogP contribution in [0.15, 0.2) is 6.20 Å². The first-order valence-corrected chi connectivity index (χ1v) is 7.54. The van der Waals surface area contributed by atoms with Gasteiger partial charge in [0.2, 0.25) is 0 Å². The molecule has 1 fully saturated rings. The number of rotatable bonds is 6. The molecule has 1 N–H and O–H groups in total. The highest BCUT2D eigenvalue weighted by atomic mass is 16.5. The van der Waals surface area contributed by atoms with Gasteiger partial charge in [-0.15, -0.1) is 0 Å². The van der Waals surface area contributed by atoms with Gasteiger partial charge in [0.1, 0.15) is 5.69 Å². The van der Waals surface area contributed by atoms with Crippen molar-refractivity contribution in [3.8, 4) is 5.75 Å². The molecule has 0 spiro atoms. The van der Waals surface area contributed by atoms with Crippen LogP contribution in [0.25, 0.3) is 0 Å². The normalized spacial score (nSPS) is 21.1. The number of aliphatic hydroxyl groups is 1. The highest BCUT2D eigenvalue weighted by Gasteiger charge is 2.23. The number of aliphatic hydroxyl groups excluding tert-OH is 1. The maximum Gasteiger partial charge on any atom is 0.162 e. The van der Waals surface area contributed by atoms with Crippen LogP contribution in [0.3, 0.4) is 0 Å². The third-order valence-electron chi connectivity index (χ3n) is 3.86. The van der Waals surface area contributed by atoms with Crippen LogP contribution in [-0.2, 0) is 4.74 Å². The second-order valence-corrected chi connectivity index (χ2v) is 5.72. The van der Waals surface area contributed by atoms with Gasteiger partial charge in [0.05, 0.1) is 25.5 Å². The van der Waals surface area contributed by atoms with Gasteiger partial charge in [0.25, 0.3) is 0 Å². The molecule has 5 heteroatoms. The molecule has 2 atom stereocenters. The maximum atomic E-state index is 10.5. The second kappa shape index (κ2) is 7.09. The zero-order valence-corrected chi connectivity index (χ0v) is 12.7. The summed E-state index contributed by atoms with van der Waals surface area (Å²) in [6, 6.07) is 0.203. The zero-order chi connectivity index (χ0) is 14.5. The molecule has 114 valence electrons. The average molecular weight is 282 g/mol. The predicted molar refractivity (Wildman–Crippen MR) is 76.9 cm³/mol. The molecule has 0 aliphatic carbocycles. The lowest BCUT2D eigenvalue weighted by molar-refractivity contribution is 0.00130. The van der Waals surface area contributed by atoms with Crippen molar-refractivity contribution < 1.29 is 14.6 Å². The lowest BCUT2D eigenvalue weighted by atomic mass is 10.0. The number of hydrogen-bond donors (Lipinski definition) is 1. The molecular formula is C15H26N2O3. The van der Waals surface area contributed by atoms with Gasteiger partial charge in [-0.3, -0.25) is 4.68 Å². The summed E-state index contributed by atoms with van der Waals surface area (Å²) in [5, 5.41) is 14.8. The van der Waals surface area contributed by atoms with E-state index in [2.05, 4.69) is 5.10 Å². The number of methoxy groups -OCH3 is 1. The van der Waals surface area contributed by atoms with Gasteiger partial charge in [0.15, 0.2) is 5.75 Å². The molecule has 2 rings (SSSR count). The molecule has 0 aromatic carbocycles. The maximum absolute atomic E-state index is 10.5. The predicted octanol–water partition coefficient (Wildman–Crippen LogP) is 2.86. The lowest BCUT2D eigenvalue weighted by Crippen LogP contribution is -2.20. The highest BCUT2D eigenvalue weighted by molar-refractivity contribution is 5.27. The van der Waals surface area contributed by atoms with Crippen molar-refractivity contribution in [1.82, 2.24) is 9.78 Å². The summed E-state index contributed by atoms with van der Waals surface area (Å²) in [7, 11) is 1.61. The fourth-order valence-corrected chi connectivity index (χ4v) is 2.76. The summed E-state index contributed by atoms with van der Waals surface area (Å²) < 4.78 is 12.9. The summed E-state index contributed by atoms with van der Waals surface area (Å²) >= 11 is 0. The van der Waals surface area contributed by atoms with E-state index in [1.807, 2.05) is 18.5 Å². The SMILES string of the molecule is COc1cnn(C(C)C)c1C(O)CCC1CCCCO1. The van der Waals surface area contributed by atoms with Crippen LogP contribution in [0, 0.1) is 0 Å². The number of aromatic nitrogens is 2. The van der Waals surface area contributed by atoms with Crippen LogP contribution >= 0.6 is 0 Å². The zero-order valence-electron chi connectivity index (χ0n) is 12.7. The summed E-state index contributed by atoms with van der Waals surface area (Å²) in [5.41, 5.74) is 0.776. The van der Waals surface area contributed by atoms with Crippen LogP contribution < -0.4 is 4.74 Å². The molecule has 1 saturated heterocycles. The first-order chi connectivity index (χ1) is 9.63. The minimum Gasteiger partial charge on any atom is -0.493 e. The van der Waals surface area contributed by atoms with Crippen LogP contribution in [0.4, 0.5) is 0 Å². The monoisotopic (exact) mass is 282 g/mol. The van der Waals surface area contributed by atoms with Crippen LogP contribution in [0.5, 0.6) is 5.75 Å². The molecule has 2 unspecified atom stereocenters. The minimum atomic E-state index is -0.555. The molecule has 1 aromatic rings. The van der Waals surface area contributed by atoms with Crippen LogP contribution in [0.2, 0.25) is 0 Å². The lowest BCUT2D eigenvalue weighted by Gasteiger charge is -2.24. The van der Waals surface area contributed by atoms with E-state index >= 15 is 0 Å². The van der Waals surface area contributed by atoms with E-state index in [1.165, 1.54) is 6.42 Å². The molecular weight excluding hydrogens is 256 g/mol. The molecule has 0 bridgehead atoms. The number of hydrogen-bond acceptors (Lipinski definition) is 4. The van der Waals surface area contributed by atoms with E-state index in [4.69, 9.17) is 9.47 Å². The highest BCUT2D eigenvalue weighted by Crippen LogP contribution is 2.31. The van der Waals surface area contributed by atoms with Crippen molar-refractivity contribution >= 4 is 0 Å². The first kappa shape index (κ1) is 15.3. The molecule has 0 saturated carbocycles. The van der Waals surface area contributed by atoms with Gasteiger partial charge in [-0.05, 0) is 46.0 Å². The van der Waals surface area contributed by atoms with E-state index in [0.717, 1.165) is 31.6 Å². The minimum absolute atomic E-state index is 0.203. The summed E-state index contributed by atoms with van der Waals surface area (Å²) in [6.45, 7) is 4.95. The quantitative estimate of drug-likeness (QED) is 0.871. The van der Waals surface area contributed by atoms with E-state index in [-0.39, 0.29) is 6.04 Å². The van der Waals surface area contributed by atoms with Crippen molar-refractivity contribution in [2.45, 2.75) is 64.2 Å². The van der Waals surface area contributed by atoms with Crippen LogP contribution in [0.1, 0.15) is 63.8 Å². The van der Waals surface area contributed by atoms with Crippen molar-refractivity contribution in [1.29, 1.82) is 0 Å². The fraction of sp³-hybridized carbons (Fsp3) is 0.800. The number of nitrogens with zero attached hydrogens (tertiary/aromatic N) is 2. The smallest absolute Gasteiger partial charge is 0.162 e. The molecule has 0 amide bonds. The molecule has 20 heavy (non-hydrogen) atoms. The van der Waals surface area contributed by atoms with Gasteiger partial charge in [-0.2, -0.15) is 5.10 Å². The Kier molecular flexibility index (Phi) is 5.43. The Morgan fingerprint density at radius 3 is 2.90 bits per heavy atom. The second-order valence-electron chi connectivity index (χ2n) is 5.72. The van der Waals surface area contributed by atoms with Crippen molar-refractivity contribution in [3.05, 3.63) is 11.9 Å². The topological polar surface area (TPSA) is 56.5 Å². The molecule has 1 aliphatic heterocycles. The molecule has 1 aromatic heterocycles. The Balaban J connectivity index is 2.00. The van der Waals surface area contributed by atoms with E-state index in [1.54, 1.807) is 13.3 Å². The van der Waals surface area contributed by atoms with Gasteiger partial charge in [0, 0.05) is 12.6 Å². The Morgan fingerprint density at radius 2 is 2.30 bits per heavy atom. The van der Waals surface area contributed by atoms with Crippen LogP contribution in [-0.4, -0.2) is 34.7 Å². The van der Waals surface area contributed by atoms with Crippen molar-refractivity contribution in [2.75, 3.05) is 13.7 Å². The standard InChI is InChI=1S/C15H26N2O3/c1-11(2)17-15(14(19-3)10-16-17)13(18)8-7-12-6-4-5-9-20-12/h10-13,18H,4-9H2,1-3H3. The fourth-order valence-electron chi connectivity index (χ4n) is 2.76. The van der Waals surface area contributed by atoms with Crippen molar-refractivity contribution in [2.24, 2.45) is 0 Å². The Morgan fingerprint density at radius 1 is 1.50 bits per heavy atom. The van der Waals surface area contributed by atoms with E-state index in [0.29, 0.717) is 18.3 Å². The van der Waals surface area contributed by atoms with Gasteiger partial charge in [-0.25, -0.2) is 0 Å². The molecule has 2 heterocycles. The Bertz CT molecular complexity index is 411. The Labute approximate surface area is 120 Å². The molecule has 0 radical (unpaired) electrons. The van der Waals surface area contributed by atoms with Crippen molar-refractivity contribution in [3.63, 3.8) is 0 Å². The van der Waals surface area contributed by atoms with E-state index < -0.39 is 6.10 Å².